The van der Waals surface area contributed by atoms with Gasteiger partial charge in [-0.2, -0.15) is 5.26 Å². The first-order valence-corrected chi connectivity index (χ1v) is 7.57. The van der Waals surface area contributed by atoms with Crippen molar-refractivity contribution in [2.24, 2.45) is 0 Å². The number of ether oxygens (including phenoxy) is 1. The Labute approximate surface area is 146 Å². The Hall–Kier alpha value is -3.54. The van der Waals surface area contributed by atoms with Crippen LogP contribution in [0, 0.1) is 23.0 Å². The second-order valence-electron chi connectivity index (χ2n) is 5.45. The number of amides is 2. The molecule has 1 aromatic heterocycles. The van der Waals surface area contributed by atoms with Crippen LogP contribution in [0.2, 0.25) is 0 Å². The smallest absolute Gasteiger partial charge is 0.416 e. The van der Waals surface area contributed by atoms with Gasteiger partial charge in [0.25, 0.3) is 0 Å². The van der Waals surface area contributed by atoms with Crippen LogP contribution in [0.25, 0.3) is 0 Å². The summed E-state index contributed by atoms with van der Waals surface area (Å²) >= 11 is 0. The molecule has 0 radical (unpaired) electrons. The van der Waals surface area contributed by atoms with Gasteiger partial charge in [0, 0.05) is 24.4 Å². The lowest BCUT2D eigenvalue weighted by Gasteiger charge is -2.33. The number of pyridine rings is 1. The van der Waals surface area contributed by atoms with Crippen molar-refractivity contribution in [2.75, 3.05) is 16.8 Å². The Morgan fingerprint density at radius 3 is 2.73 bits per heavy atom. The summed E-state index contributed by atoms with van der Waals surface area (Å²) in [5, 5.41) is 11.4. The topological polar surface area (TPSA) is 95.3 Å². The number of carbonyl (C=O) groups excluding carboxylic acids is 2. The van der Waals surface area contributed by atoms with Crippen LogP contribution in [0.1, 0.15) is 12.0 Å². The van der Waals surface area contributed by atoms with Crippen LogP contribution >= 0.6 is 0 Å². The van der Waals surface area contributed by atoms with E-state index in [2.05, 4.69) is 10.3 Å². The highest BCUT2D eigenvalue weighted by atomic mass is 19.1. The maximum Gasteiger partial charge on any atom is 0.416 e. The molecule has 1 saturated heterocycles. The molecule has 2 amide bonds. The van der Waals surface area contributed by atoms with Crippen LogP contribution < -0.4 is 10.2 Å². The lowest BCUT2D eigenvalue weighted by atomic mass is 10.1. The van der Waals surface area contributed by atoms with Gasteiger partial charge in [-0.05, 0) is 24.3 Å². The zero-order valence-corrected chi connectivity index (χ0v) is 13.3. The van der Waals surface area contributed by atoms with Crippen molar-refractivity contribution in [2.45, 2.75) is 12.5 Å². The number of carbonyl (C=O) groups is 2. The van der Waals surface area contributed by atoms with Gasteiger partial charge in [-0.1, -0.05) is 0 Å². The Bertz CT molecular complexity index is 893. The third-order valence-corrected chi connectivity index (χ3v) is 3.68. The number of nitrogens with zero attached hydrogens (tertiary/aromatic N) is 3. The van der Waals surface area contributed by atoms with Gasteiger partial charge in [0.05, 0.1) is 18.2 Å². The molecule has 132 valence electrons. The van der Waals surface area contributed by atoms with E-state index in [-0.39, 0.29) is 30.1 Å². The molecule has 1 atom stereocenters. The first kappa shape index (κ1) is 17.3. The Morgan fingerprint density at radius 2 is 2.04 bits per heavy atom. The maximum atomic E-state index is 13.3. The van der Waals surface area contributed by atoms with Crippen molar-refractivity contribution in [1.82, 2.24) is 4.98 Å². The number of cyclic esters (lactones) is 1. The van der Waals surface area contributed by atoms with Crippen LogP contribution in [0.3, 0.4) is 0 Å². The molecule has 26 heavy (non-hydrogen) atoms. The Balaban J connectivity index is 1.89. The summed E-state index contributed by atoms with van der Waals surface area (Å²) in [4.78, 5) is 29.7. The van der Waals surface area contributed by atoms with Crippen molar-refractivity contribution >= 4 is 23.5 Å². The number of halogens is 2. The summed E-state index contributed by atoms with van der Waals surface area (Å²) < 4.78 is 31.5. The van der Waals surface area contributed by atoms with Gasteiger partial charge in [-0.25, -0.2) is 23.5 Å². The van der Waals surface area contributed by atoms with Crippen LogP contribution in [0.5, 0.6) is 0 Å². The molecule has 1 fully saturated rings. The zero-order valence-electron chi connectivity index (χ0n) is 13.3. The van der Waals surface area contributed by atoms with E-state index in [0.717, 1.165) is 17.0 Å². The van der Waals surface area contributed by atoms with E-state index in [1.807, 2.05) is 6.07 Å². The van der Waals surface area contributed by atoms with Gasteiger partial charge in [0.15, 0.2) is 0 Å². The molecule has 9 heteroatoms. The van der Waals surface area contributed by atoms with Crippen molar-refractivity contribution in [3.8, 4) is 6.07 Å². The highest BCUT2D eigenvalue weighted by Crippen LogP contribution is 2.23. The second kappa shape index (κ2) is 7.14. The third kappa shape index (κ3) is 3.59. The number of hydrogen-bond acceptors (Lipinski definition) is 5. The lowest BCUT2D eigenvalue weighted by Crippen LogP contribution is -2.52. The van der Waals surface area contributed by atoms with Crippen molar-refractivity contribution < 1.29 is 23.1 Å². The monoisotopic (exact) mass is 358 g/mol. The quantitative estimate of drug-likeness (QED) is 0.910. The number of benzene rings is 1. The average molecular weight is 358 g/mol. The SMILES string of the molecule is N#Cc1ccnc(N2C(=O)OCCC2C(=O)Nc2cc(F)cc(F)c2)c1. The molecule has 1 aliphatic heterocycles. The first-order valence-electron chi connectivity index (χ1n) is 7.57. The van der Waals surface area contributed by atoms with Gasteiger partial charge in [-0.15, -0.1) is 0 Å². The van der Waals surface area contributed by atoms with Crippen LogP contribution in [0.4, 0.5) is 25.1 Å². The minimum absolute atomic E-state index is 0.00285. The number of aromatic nitrogens is 1. The van der Waals surface area contributed by atoms with Crippen molar-refractivity contribution in [3.05, 3.63) is 53.7 Å². The average Bonchev–Trinajstić information content (AvgIpc) is 2.60. The molecule has 1 unspecified atom stereocenters. The van der Waals surface area contributed by atoms with E-state index in [1.54, 1.807) is 0 Å². The summed E-state index contributed by atoms with van der Waals surface area (Å²) in [6.45, 7) is 0.00285. The number of hydrogen-bond donors (Lipinski definition) is 1. The van der Waals surface area contributed by atoms with Crippen LogP contribution in [-0.2, 0) is 9.53 Å². The summed E-state index contributed by atoms with van der Waals surface area (Å²) in [6.07, 6.45) is 0.671. The highest BCUT2D eigenvalue weighted by Gasteiger charge is 2.37. The van der Waals surface area contributed by atoms with Gasteiger partial charge < -0.3 is 10.1 Å². The Kier molecular flexibility index (Phi) is 4.75. The predicted molar refractivity (Wildman–Crippen MR) is 86.2 cm³/mol. The molecule has 2 aromatic rings. The molecular formula is C17H12F2N4O3. The molecule has 1 aliphatic rings. The van der Waals surface area contributed by atoms with Gasteiger partial charge in [-0.3, -0.25) is 4.79 Å². The van der Waals surface area contributed by atoms with E-state index >= 15 is 0 Å². The minimum atomic E-state index is -1.01. The van der Waals surface area contributed by atoms with Crippen LogP contribution in [0.15, 0.2) is 36.5 Å². The molecule has 0 aliphatic carbocycles. The van der Waals surface area contributed by atoms with Crippen molar-refractivity contribution in [3.63, 3.8) is 0 Å². The number of anilines is 2. The molecule has 1 N–H and O–H groups in total. The largest absolute Gasteiger partial charge is 0.449 e. The Morgan fingerprint density at radius 1 is 1.31 bits per heavy atom. The van der Waals surface area contributed by atoms with E-state index < -0.39 is 29.7 Å². The number of nitrogens with one attached hydrogen (secondary N) is 1. The lowest BCUT2D eigenvalue weighted by molar-refractivity contribution is -0.118. The molecule has 3 rings (SSSR count). The van der Waals surface area contributed by atoms with Crippen LogP contribution in [-0.4, -0.2) is 29.6 Å². The molecule has 7 nitrogen and oxygen atoms in total. The van der Waals surface area contributed by atoms with E-state index in [4.69, 9.17) is 10.00 Å². The molecule has 0 spiro atoms. The summed E-state index contributed by atoms with van der Waals surface area (Å²) in [6, 6.07) is 6.29. The number of rotatable bonds is 3. The van der Waals surface area contributed by atoms with E-state index in [0.29, 0.717) is 6.07 Å². The van der Waals surface area contributed by atoms with Gasteiger partial charge in [0.1, 0.15) is 23.5 Å². The summed E-state index contributed by atoms with van der Waals surface area (Å²) in [5.41, 5.74) is 0.171. The first-order chi connectivity index (χ1) is 12.5. The normalized spacial score (nSPS) is 16.6. The molecule has 2 heterocycles. The van der Waals surface area contributed by atoms with E-state index in [9.17, 15) is 18.4 Å². The highest BCUT2D eigenvalue weighted by molar-refractivity contribution is 6.03. The summed E-state index contributed by atoms with van der Waals surface area (Å²) in [5.74, 6) is -2.28. The van der Waals surface area contributed by atoms with Crippen molar-refractivity contribution in [1.29, 1.82) is 5.26 Å². The fraction of sp³-hybridized carbons (Fsp3) is 0.176. The third-order valence-electron chi connectivity index (χ3n) is 3.68. The molecule has 0 saturated carbocycles. The van der Waals surface area contributed by atoms with Gasteiger partial charge >= 0.3 is 6.09 Å². The second-order valence-corrected chi connectivity index (χ2v) is 5.45. The zero-order chi connectivity index (χ0) is 18.7. The molecule has 1 aromatic carbocycles. The van der Waals surface area contributed by atoms with Gasteiger partial charge in [0.2, 0.25) is 5.91 Å². The van der Waals surface area contributed by atoms with E-state index in [1.165, 1.54) is 18.3 Å². The predicted octanol–water partition coefficient (Wildman–Crippen LogP) is 2.59. The molecule has 0 bridgehead atoms. The summed E-state index contributed by atoms with van der Waals surface area (Å²) in [7, 11) is 0. The fourth-order valence-corrected chi connectivity index (χ4v) is 2.56. The fourth-order valence-electron chi connectivity index (χ4n) is 2.56. The standard InChI is InChI=1S/C17H12F2N4O3/c18-11-6-12(19)8-13(7-11)22-16(24)14-2-4-26-17(25)23(14)15-5-10(9-20)1-3-21-15/h1,3,5-8,14H,2,4H2,(H,22,24). The molecular weight excluding hydrogens is 346 g/mol. The maximum absolute atomic E-state index is 13.3. The number of nitriles is 1. The minimum Gasteiger partial charge on any atom is -0.449 e.